The number of aromatic amines is 1. The molecule has 1 fully saturated rings. The molecule has 0 radical (unpaired) electrons. The van der Waals surface area contributed by atoms with Crippen LogP contribution in [0, 0.1) is 5.41 Å². The van der Waals surface area contributed by atoms with Gasteiger partial charge < -0.3 is 10.3 Å². The smallest absolute Gasteiger partial charge is 0.107 e. The highest BCUT2D eigenvalue weighted by atomic mass is 35.5. The Labute approximate surface area is 184 Å². The van der Waals surface area contributed by atoms with E-state index in [4.69, 9.17) is 11.6 Å². The molecule has 1 saturated carbocycles. The summed E-state index contributed by atoms with van der Waals surface area (Å²) in [7, 11) is 0. The molecule has 0 spiro atoms. The maximum atomic E-state index is 6.55. The lowest BCUT2D eigenvalue weighted by Crippen LogP contribution is -2.35. The molecule has 0 atom stereocenters. The predicted molar refractivity (Wildman–Crippen MR) is 124 cm³/mol. The van der Waals surface area contributed by atoms with Crippen LogP contribution in [-0.4, -0.2) is 16.0 Å². The van der Waals surface area contributed by atoms with Gasteiger partial charge in [0, 0.05) is 18.2 Å². The Morgan fingerprint density at radius 3 is 2.43 bits per heavy atom. The number of hydrogen-bond donors (Lipinski definition) is 2. The van der Waals surface area contributed by atoms with Gasteiger partial charge in [-0.05, 0) is 48.3 Å². The summed E-state index contributed by atoms with van der Waals surface area (Å²) in [5, 5.41) is 4.43. The molecule has 0 unspecified atom stereocenters. The van der Waals surface area contributed by atoms with Crippen molar-refractivity contribution in [3.05, 3.63) is 53.3 Å². The minimum absolute atomic E-state index is 0. The second-order valence-corrected chi connectivity index (χ2v) is 8.62. The van der Waals surface area contributed by atoms with Gasteiger partial charge in [-0.25, -0.2) is 4.98 Å². The molecule has 28 heavy (non-hydrogen) atoms. The van der Waals surface area contributed by atoms with Gasteiger partial charge in [0.1, 0.15) is 5.52 Å². The molecule has 1 aromatic heterocycles. The zero-order chi connectivity index (χ0) is 18.1. The summed E-state index contributed by atoms with van der Waals surface area (Å²) in [6.07, 6.45) is 6.88. The minimum Gasteiger partial charge on any atom is -0.345 e. The zero-order valence-electron chi connectivity index (χ0n) is 16.3. The van der Waals surface area contributed by atoms with Gasteiger partial charge in [0.05, 0.1) is 16.9 Å². The lowest BCUT2D eigenvalue weighted by atomic mass is 9.75. The molecule has 4 rings (SSSR count). The van der Waals surface area contributed by atoms with Crippen LogP contribution in [0.15, 0.2) is 42.7 Å². The second kappa shape index (κ2) is 9.49. The first kappa shape index (κ1) is 23.0. The zero-order valence-corrected chi connectivity index (χ0v) is 18.7. The highest BCUT2D eigenvalue weighted by molar-refractivity contribution is 6.37. The average molecular weight is 441 g/mol. The van der Waals surface area contributed by atoms with Gasteiger partial charge in [-0.2, -0.15) is 0 Å². The molecule has 3 aromatic rings. The number of hydrogen-bond acceptors (Lipinski definition) is 2. The summed E-state index contributed by atoms with van der Waals surface area (Å²) in [6, 6.07) is 13.4. The van der Waals surface area contributed by atoms with Gasteiger partial charge in [-0.3, -0.25) is 0 Å². The first-order valence-electron chi connectivity index (χ1n) is 9.46. The number of benzene rings is 2. The van der Waals surface area contributed by atoms with Crippen molar-refractivity contribution in [1.29, 1.82) is 0 Å². The Kier molecular flexibility index (Phi) is 7.81. The van der Waals surface area contributed by atoms with E-state index in [0.717, 1.165) is 28.7 Å². The second-order valence-electron chi connectivity index (χ2n) is 8.24. The van der Waals surface area contributed by atoms with Gasteiger partial charge in [0.15, 0.2) is 0 Å². The Bertz CT molecular complexity index is 893. The van der Waals surface area contributed by atoms with Crippen LogP contribution in [-0.2, 0) is 6.54 Å². The number of nitrogens with zero attached hydrogens (tertiary/aromatic N) is 1. The van der Waals surface area contributed by atoms with Crippen molar-refractivity contribution in [2.24, 2.45) is 5.41 Å². The summed E-state index contributed by atoms with van der Waals surface area (Å²) in [6.45, 7) is 5.69. The van der Waals surface area contributed by atoms with E-state index >= 15 is 0 Å². The average Bonchev–Trinajstić information content (AvgIpc) is 3.12. The summed E-state index contributed by atoms with van der Waals surface area (Å²) < 4.78 is 0. The fraction of sp³-hybridized carbons (Fsp3) is 0.409. The fourth-order valence-electron chi connectivity index (χ4n) is 3.86. The van der Waals surface area contributed by atoms with E-state index in [1.165, 1.54) is 31.2 Å². The monoisotopic (exact) mass is 439 g/mol. The van der Waals surface area contributed by atoms with Crippen molar-refractivity contribution >= 4 is 47.4 Å². The number of fused-ring (bicyclic) bond motifs is 1. The molecule has 2 N–H and O–H groups in total. The Morgan fingerprint density at radius 1 is 1.07 bits per heavy atom. The molecule has 2 aromatic carbocycles. The lowest BCUT2D eigenvalue weighted by molar-refractivity contribution is 0.206. The number of aromatic nitrogens is 2. The number of H-pyrrole nitrogens is 1. The number of halogens is 3. The van der Waals surface area contributed by atoms with Crippen molar-refractivity contribution in [2.75, 3.05) is 0 Å². The van der Waals surface area contributed by atoms with E-state index < -0.39 is 0 Å². The van der Waals surface area contributed by atoms with Crippen LogP contribution in [0.25, 0.3) is 22.2 Å². The number of nitrogens with one attached hydrogen (secondary N) is 2. The quantitative estimate of drug-likeness (QED) is 0.469. The summed E-state index contributed by atoms with van der Waals surface area (Å²) in [4.78, 5) is 7.41. The normalized spacial score (nSPS) is 16.4. The van der Waals surface area contributed by atoms with Gasteiger partial charge in [-0.15, -0.1) is 24.8 Å². The first-order chi connectivity index (χ1) is 12.5. The highest BCUT2D eigenvalue weighted by Crippen LogP contribution is 2.35. The van der Waals surface area contributed by atoms with Gasteiger partial charge >= 0.3 is 0 Å². The molecule has 0 bridgehead atoms. The van der Waals surface area contributed by atoms with Crippen molar-refractivity contribution in [2.45, 2.75) is 52.1 Å². The summed E-state index contributed by atoms with van der Waals surface area (Å²) in [5.74, 6) is 0. The Balaban J connectivity index is 0.00000140. The molecule has 3 nitrogen and oxygen atoms in total. The van der Waals surface area contributed by atoms with Crippen LogP contribution in [0.3, 0.4) is 0 Å². The summed E-state index contributed by atoms with van der Waals surface area (Å²) >= 11 is 6.55. The molecule has 1 aliphatic carbocycles. The third-order valence-corrected chi connectivity index (χ3v) is 6.11. The molecule has 6 heteroatoms. The molecular weight excluding hydrogens is 413 g/mol. The number of rotatable bonds is 4. The van der Waals surface area contributed by atoms with Crippen LogP contribution in [0.5, 0.6) is 0 Å². The molecule has 0 saturated heterocycles. The van der Waals surface area contributed by atoms with E-state index in [1.54, 1.807) is 6.33 Å². The third kappa shape index (κ3) is 5.01. The van der Waals surface area contributed by atoms with Crippen LogP contribution >= 0.6 is 36.4 Å². The first-order valence-corrected chi connectivity index (χ1v) is 9.84. The topological polar surface area (TPSA) is 40.7 Å². The molecule has 0 amide bonds. The minimum atomic E-state index is 0. The van der Waals surface area contributed by atoms with E-state index in [9.17, 15) is 0 Å². The third-order valence-electron chi connectivity index (χ3n) is 5.73. The highest BCUT2D eigenvalue weighted by Gasteiger charge is 2.26. The maximum Gasteiger partial charge on any atom is 0.107 e. The number of imidazole rings is 1. The molecule has 152 valence electrons. The molecule has 1 aliphatic rings. The van der Waals surface area contributed by atoms with Gasteiger partial charge in [-0.1, -0.05) is 55.8 Å². The molecule has 0 aliphatic heterocycles. The van der Waals surface area contributed by atoms with Crippen molar-refractivity contribution < 1.29 is 0 Å². The van der Waals surface area contributed by atoms with E-state index in [0.29, 0.717) is 16.5 Å². The fourth-order valence-corrected chi connectivity index (χ4v) is 4.19. The van der Waals surface area contributed by atoms with Crippen LogP contribution in [0.2, 0.25) is 5.02 Å². The van der Waals surface area contributed by atoms with Gasteiger partial charge in [0.2, 0.25) is 0 Å². The molecular formula is C22H28Cl3N3. The van der Waals surface area contributed by atoms with Crippen molar-refractivity contribution in [3.63, 3.8) is 0 Å². The van der Waals surface area contributed by atoms with Crippen molar-refractivity contribution in [3.8, 4) is 11.1 Å². The van der Waals surface area contributed by atoms with E-state index in [2.05, 4.69) is 59.5 Å². The maximum absolute atomic E-state index is 6.55. The largest absolute Gasteiger partial charge is 0.345 e. The van der Waals surface area contributed by atoms with Crippen LogP contribution in [0.1, 0.15) is 45.1 Å². The standard InChI is InChI=1S/C22H26ClN3.2ClH/c1-22(2)11-9-17(10-12-22)24-13-15-3-5-16(6-4-15)18-7-8-19-21(20(18)23)26-14-25-19;;/h3-8,14,17,24H,9-13H2,1-2H3,(H,25,26);2*1H. The Hall–Kier alpha value is -1.26. The predicted octanol–water partition coefficient (Wildman–Crippen LogP) is 6.79. The van der Waals surface area contributed by atoms with E-state index in [1.807, 2.05) is 6.07 Å². The van der Waals surface area contributed by atoms with Crippen LogP contribution < -0.4 is 5.32 Å². The summed E-state index contributed by atoms with van der Waals surface area (Å²) in [5.41, 5.74) is 5.79. The van der Waals surface area contributed by atoms with Crippen molar-refractivity contribution in [1.82, 2.24) is 15.3 Å². The van der Waals surface area contributed by atoms with E-state index in [-0.39, 0.29) is 24.8 Å². The van der Waals surface area contributed by atoms with Gasteiger partial charge in [0.25, 0.3) is 0 Å². The Morgan fingerprint density at radius 2 is 1.75 bits per heavy atom. The van der Waals surface area contributed by atoms with Crippen LogP contribution in [0.4, 0.5) is 0 Å². The lowest BCUT2D eigenvalue weighted by Gasteiger charge is -2.34. The molecule has 1 heterocycles. The SMILES string of the molecule is CC1(C)CCC(NCc2ccc(-c3ccc4[nH]cnc4c3Cl)cc2)CC1.Cl.Cl.